The zero-order valence-corrected chi connectivity index (χ0v) is 15.3. The van der Waals surface area contributed by atoms with E-state index in [1.165, 1.54) is 11.3 Å². The van der Waals surface area contributed by atoms with Crippen LogP contribution in [0.2, 0.25) is 0 Å². The molecular formula is C19H18N4O2S. The van der Waals surface area contributed by atoms with Crippen LogP contribution < -0.4 is 10.1 Å². The molecule has 0 aliphatic carbocycles. The molecule has 6 nitrogen and oxygen atoms in total. The number of nitrogens with zero attached hydrogens (tertiary/aromatic N) is 2. The van der Waals surface area contributed by atoms with Gasteiger partial charge in [-0.1, -0.05) is 6.92 Å². The number of hydrogen-bond acceptors (Lipinski definition) is 5. The van der Waals surface area contributed by atoms with Crippen LogP contribution in [0.15, 0.2) is 42.9 Å². The molecule has 2 N–H and O–H groups in total. The number of carbonyl (C=O) groups is 1. The highest BCUT2D eigenvalue weighted by Crippen LogP contribution is 2.28. The number of amides is 1. The molecule has 0 saturated carbocycles. The summed E-state index contributed by atoms with van der Waals surface area (Å²) in [7, 11) is 1.66. The molecule has 3 heterocycles. The SMILES string of the molecule is COc1ccc2[nH]cc(C(C)CNC(=O)c3nc4cnccc4s3)c2c1. The normalized spacial score (nSPS) is 12.4. The lowest BCUT2D eigenvalue weighted by molar-refractivity contribution is 0.0951. The van der Waals surface area contributed by atoms with E-state index in [1.54, 1.807) is 19.5 Å². The Hall–Kier alpha value is -2.93. The van der Waals surface area contributed by atoms with Crippen molar-refractivity contribution in [2.24, 2.45) is 0 Å². The molecule has 0 spiro atoms. The maximum atomic E-state index is 12.4. The Morgan fingerprint density at radius 3 is 3.08 bits per heavy atom. The van der Waals surface area contributed by atoms with Gasteiger partial charge in [-0.3, -0.25) is 9.78 Å². The average molecular weight is 366 g/mol. The molecule has 0 radical (unpaired) electrons. The third-order valence-corrected chi connectivity index (χ3v) is 5.44. The Morgan fingerprint density at radius 2 is 2.27 bits per heavy atom. The van der Waals surface area contributed by atoms with Crippen molar-refractivity contribution in [2.75, 3.05) is 13.7 Å². The van der Waals surface area contributed by atoms with Gasteiger partial charge in [-0.2, -0.15) is 0 Å². The smallest absolute Gasteiger partial charge is 0.280 e. The van der Waals surface area contributed by atoms with Gasteiger partial charge in [0, 0.05) is 35.8 Å². The van der Waals surface area contributed by atoms with Gasteiger partial charge in [0.1, 0.15) is 11.3 Å². The Balaban J connectivity index is 1.49. The van der Waals surface area contributed by atoms with Crippen molar-refractivity contribution in [3.05, 3.63) is 53.4 Å². The largest absolute Gasteiger partial charge is 0.497 e. The van der Waals surface area contributed by atoms with Crippen molar-refractivity contribution in [2.45, 2.75) is 12.8 Å². The minimum absolute atomic E-state index is 0.149. The van der Waals surface area contributed by atoms with Crippen molar-refractivity contribution in [1.29, 1.82) is 0 Å². The third-order valence-electron chi connectivity index (χ3n) is 4.40. The van der Waals surface area contributed by atoms with Crippen LogP contribution in [-0.2, 0) is 0 Å². The summed E-state index contributed by atoms with van der Waals surface area (Å²) in [5, 5.41) is 4.55. The molecule has 4 rings (SSSR count). The van der Waals surface area contributed by atoms with Crippen LogP contribution in [0.25, 0.3) is 21.1 Å². The molecule has 4 aromatic rings. The Morgan fingerprint density at radius 1 is 1.38 bits per heavy atom. The van der Waals surface area contributed by atoms with Gasteiger partial charge in [-0.15, -0.1) is 11.3 Å². The predicted molar refractivity (Wildman–Crippen MR) is 103 cm³/mol. The molecular weight excluding hydrogens is 348 g/mol. The Bertz CT molecular complexity index is 1050. The number of nitrogens with one attached hydrogen (secondary N) is 2. The van der Waals surface area contributed by atoms with Crippen molar-refractivity contribution in [3.8, 4) is 5.75 Å². The van der Waals surface area contributed by atoms with Gasteiger partial charge < -0.3 is 15.0 Å². The summed E-state index contributed by atoms with van der Waals surface area (Å²) in [4.78, 5) is 24.1. The number of carbonyl (C=O) groups excluding carboxylic acids is 1. The first-order valence-corrected chi connectivity index (χ1v) is 9.11. The van der Waals surface area contributed by atoms with Crippen LogP contribution >= 0.6 is 11.3 Å². The number of pyridine rings is 1. The predicted octanol–water partition coefficient (Wildman–Crippen LogP) is 3.71. The Labute approximate surface area is 154 Å². The zero-order chi connectivity index (χ0) is 18.1. The topological polar surface area (TPSA) is 79.9 Å². The lowest BCUT2D eigenvalue weighted by Gasteiger charge is -2.12. The van der Waals surface area contributed by atoms with E-state index in [9.17, 15) is 4.79 Å². The highest BCUT2D eigenvalue weighted by atomic mass is 32.1. The van der Waals surface area contributed by atoms with Crippen LogP contribution in [0.3, 0.4) is 0 Å². The molecule has 0 fully saturated rings. The summed E-state index contributed by atoms with van der Waals surface area (Å²) in [5.74, 6) is 0.809. The number of methoxy groups -OCH3 is 1. The lowest BCUT2D eigenvalue weighted by atomic mass is 10.0. The first-order chi connectivity index (χ1) is 12.7. The molecule has 0 bridgehead atoms. The van der Waals surface area contributed by atoms with Gasteiger partial charge in [0.2, 0.25) is 0 Å². The first kappa shape index (κ1) is 16.5. The molecule has 1 amide bonds. The maximum Gasteiger partial charge on any atom is 0.280 e. The molecule has 0 aliphatic rings. The van der Waals surface area contributed by atoms with E-state index in [0.717, 1.165) is 32.4 Å². The summed E-state index contributed by atoms with van der Waals surface area (Å²) in [6.45, 7) is 2.61. The molecule has 1 aromatic carbocycles. The van der Waals surface area contributed by atoms with Crippen LogP contribution in [0, 0.1) is 0 Å². The van der Waals surface area contributed by atoms with E-state index in [-0.39, 0.29) is 11.8 Å². The second-order valence-corrected chi connectivity index (χ2v) is 7.16. The summed E-state index contributed by atoms with van der Waals surface area (Å²) in [6.07, 6.45) is 5.37. The summed E-state index contributed by atoms with van der Waals surface area (Å²) < 4.78 is 6.28. The number of aromatic nitrogens is 3. The zero-order valence-electron chi connectivity index (χ0n) is 14.4. The van der Waals surface area contributed by atoms with Crippen molar-refractivity contribution < 1.29 is 9.53 Å². The van der Waals surface area contributed by atoms with Crippen molar-refractivity contribution in [1.82, 2.24) is 20.3 Å². The number of rotatable bonds is 5. The van der Waals surface area contributed by atoms with Gasteiger partial charge in [-0.05, 0) is 29.8 Å². The van der Waals surface area contributed by atoms with Gasteiger partial charge in [0.25, 0.3) is 5.91 Å². The average Bonchev–Trinajstić information content (AvgIpc) is 3.29. The van der Waals surface area contributed by atoms with Crippen LogP contribution in [-0.4, -0.2) is 34.5 Å². The Kier molecular flexibility index (Phi) is 4.30. The molecule has 7 heteroatoms. The lowest BCUT2D eigenvalue weighted by Crippen LogP contribution is -2.27. The quantitative estimate of drug-likeness (QED) is 0.564. The van der Waals surface area contributed by atoms with Crippen molar-refractivity contribution in [3.63, 3.8) is 0 Å². The van der Waals surface area contributed by atoms with Gasteiger partial charge in [0.15, 0.2) is 5.01 Å². The fourth-order valence-corrected chi connectivity index (χ4v) is 3.81. The van der Waals surface area contributed by atoms with E-state index in [2.05, 4.69) is 27.2 Å². The number of fused-ring (bicyclic) bond motifs is 2. The van der Waals surface area contributed by atoms with Gasteiger partial charge in [0.05, 0.1) is 18.0 Å². The fourth-order valence-electron chi connectivity index (χ4n) is 2.96. The van der Waals surface area contributed by atoms with Gasteiger partial charge in [-0.25, -0.2) is 4.98 Å². The monoisotopic (exact) mass is 366 g/mol. The highest BCUT2D eigenvalue weighted by Gasteiger charge is 2.16. The van der Waals surface area contributed by atoms with E-state index < -0.39 is 0 Å². The summed E-state index contributed by atoms with van der Waals surface area (Å²) in [6, 6.07) is 7.81. The van der Waals surface area contributed by atoms with Gasteiger partial charge >= 0.3 is 0 Å². The number of aromatic amines is 1. The van der Waals surface area contributed by atoms with E-state index in [4.69, 9.17) is 4.74 Å². The molecule has 26 heavy (non-hydrogen) atoms. The number of H-pyrrole nitrogens is 1. The molecule has 1 unspecified atom stereocenters. The molecule has 0 saturated heterocycles. The summed E-state index contributed by atoms with van der Waals surface area (Å²) in [5.41, 5.74) is 2.95. The molecule has 3 aromatic heterocycles. The van der Waals surface area contributed by atoms with E-state index >= 15 is 0 Å². The molecule has 0 aliphatic heterocycles. The van der Waals surface area contributed by atoms with Crippen LogP contribution in [0.5, 0.6) is 5.75 Å². The highest BCUT2D eigenvalue weighted by molar-refractivity contribution is 7.20. The maximum absolute atomic E-state index is 12.4. The number of benzene rings is 1. The second-order valence-electron chi connectivity index (χ2n) is 6.13. The minimum atomic E-state index is -0.157. The number of thiazole rings is 1. The third kappa shape index (κ3) is 3.01. The second kappa shape index (κ2) is 6.76. The van der Waals surface area contributed by atoms with E-state index in [1.807, 2.05) is 30.5 Å². The summed E-state index contributed by atoms with van der Waals surface area (Å²) >= 11 is 1.38. The first-order valence-electron chi connectivity index (χ1n) is 8.29. The number of ether oxygens (including phenoxy) is 1. The standard InChI is InChI=1S/C19H18N4O2S/c1-11(14-9-21-15-4-3-12(25-2)7-13(14)15)8-22-18(24)19-23-16-10-20-6-5-17(16)26-19/h3-7,9-11,21H,8H2,1-2H3,(H,22,24). The molecule has 132 valence electrons. The van der Waals surface area contributed by atoms with Crippen LogP contribution in [0.4, 0.5) is 0 Å². The fraction of sp³-hybridized carbons (Fsp3) is 0.211. The molecule has 1 atom stereocenters. The van der Waals surface area contributed by atoms with Crippen LogP contribution in [0.1, 0.15) is 28.2 Å². The number of hydrogen-bond donors (Lipinski definition) is 2. The van der Waals surface area contributed by atoms with Crippen molar-refractivity contribution >= 4 is 38.4 Å². The minimum Gasteiger partial charge on any atom is -0.497 e. The van der Waals surface area contributed by atoms with E-state index in [0.29, 0.717) is 11.6 Å².